The number of halogens is 2. The molecule has 0 atom stereocenters. The summed E-state index contributed by atoms with van der Waals surface area (Å²) in [6.45, 7) is 0.717. The Morgan fingerprint density at radius 3 is 2.36 bits per heavy atom. The molecule has 0 bridgehead atoms. The Kier molecular flexibility index (Phi) is 3.73. The largest absolute Gasteiger partial charge is 0.360 e. The van der Waals surface area contributed by atoms with Gasteiger partial charge in [-0.2, -0.15) is 4.31 Å². The van der Waals surface area contributed by atoms with Crippen molar-refractivity contribution in [2.75, 3.05) is 13.1 Å². The van der Waals surface area contributed by atoms with Crippen molar-refractivity contribution < 1.29 is 17.2 Å². The summed E-state index contributed by atoms with van der Waals surface area (Å²) in [6.07, 6.45) is 3.48. The fraction of sp³-hybridized carbons (Fsp3) is 0.357. The molecule has 0 radical (unpaired) electrons. The molecular weight excluding hydrogens is 314 g/mol. The first-order valence-electron chi connectivity index (χ1n) is 6.92. The monoisotopic (exact) mass is 328 g/mol. The molecule has 1 fully saturated rings. The summed E-state index contributed by atoms with van der Waals surface area (Å²) in [5.41, 5.74) is -0.764. The molecule has 0 spiro atoms. The van der Waals surface area contributed by atoms with Crippen LogP contribution < -0.4 is 5.43 Å². The molecule has 2 heterocycles. The fourth-order valence-corrected chi connectivity index (χ4v) is 4.20. The van der Waals surface area contributed by atoms with Crippen molar-refractivity contribution in [1.29, 1.82) is 0 Å². The van der Waals surface area contributed by atoms with Crippen molar-refractivity contribution in [1.82, 2.24) is 9.29 Å². The van der Waals surface area contributed by atoms with Gasteiger partial charge in [-0.05, 0) is 18.9 Å². The Morgan fingerprint density at radius 2 is 1.68 bits per heavy atom. The smallest absolute Gasteiger partial charge is 0.248 e. The Hall–Kier alpha value is -1.80. The number of pyridine rings is 1. The number of rotatable bonds is 2. The first-order valence-corrected chi connectivity index (χ1v) is 8.36. The molecule has 0 saturated carbocycles. The van der Waals surface area contributed by atoms with E-state index in [0.29, 0.717) is 13.1 Å². The lowest BCUT2D eigenvalue weighted by atomic mass is 10.2. The molecular formula is C14H14F2N2O3S. The third kappa shape index (κ3) is 2.42. The van der Waals surface area contributed by atoms with Crippen LogP contribution in [0.5, 0.6) is 0 Å². The number of nitrogens with zero attached hydrogens (tertiary/aromatic N) is 1. The van der Waals surface area contributed by atoms with Gasteiger partial charge in [0.2, 0.25) is 15.5 Å². The van der Waals surface area contributed by atoms with Crippen molar-refractivity contribution >= 4 is 20.9 Å². The maximum atomic E-state index is 13.3. The van der Waals surface area contributed by atoms with Crippen molar-refractivity contribution in [3.63, 3.8) is 0 Å². The number of piperidine rings is 1. The average Bonchev–Trinajstić information content (AvgIpc) is 2.50. The van der Waals surface area contributed by atoms with Gasteiger partial charge in [-0.3, -0.25) is 4.79 Å². The second-order valence-electron chi connectivity index (χ2n) is 5.26. The van der Waals surface area contributed by atoms with Crippen LogP contribution in [0.3, 0.4) is 0 Å². The summed E-state index contributed by atoms with van der Waals surface area (Å²) in [5.74, 6) is -2.29. The van der Waals surface area contributed by atoms with E-state index in [-0.39, 0.29) is 10.9 Å². The molecule has 1 N–H and O–H groups in total. The van der Waals surface area contributed by atoms with Gasteiger partial charge in [0.1, 0.15) is 4.90 Å². The zero-order valence-electron chi connectivity index (χ0n) is 11.6. The van der Waals surface area contributed by atoms with Gasteiger partial charge in [0.15, 0.2) is 11.6 Å². The lowest BCUT2D eigenvalue weighted by Crippen LogP contribution is -2.37. The normalized spacial score (nSPS) is 17.0. The summed E-state index contributed by atoms with van der Waals surface area (Å²) in [5, 5.41) is -0.183. The van der Waals surface area contributed by atoms with E-state index in [1.165, 1.54) is 4.31 Å². The van der Waals surface area contributed by atoms with E-state index in [1.54, 1.807) is 0 Å². The van der Waals surface area contributed by atoms with Crippen molar-refractivity contribution in [2.24, 2.45) is 0 Å². The summed E-state index contributed by atoms with van der Waals surface area (Å²) < 4.78 is 52.8. The standard InChI is InChI=1S/C14H14F2N2O3S/c15-10-6-9-12(7-11(10)16)17-8-13(14(9)19)22(20,21)18-4-2-1-3-5-18/h6-8H,1-5H2,(H,17,19). The molecule has 0 amide bonds. The van der Waals surface area contributed by atoms with Crippen molar-refractivity contribution in [3.05, 3.63) is 40.2 Å². The number of sulfonamides is 1. The van der Waals surface area contributed by atoms with Crippen molar-refractivity contribution in [3.8, 4) is 0 Å². The van der Waals surface area contributed by atoms with Gasteiger partial charge in [0, 0.05) is 30.7 Å². The second kappa shape index (κ2) is 5.44. The molecule has 1 saturated heterocycles. The molecule has 3 rings (SSSR count). The molecule has 0 unspecified atom stereocenters. The summed E-state index contributed by atoms with van der Waals surface area (Å²) >= 11 is 0. The maximum absolute atomic E-state index is 13.3. The summed E-state index contributed by atoms with van der Waals surface area (Å²) in [6, 6.07) is 1.56. The SMILES string of the molecule is O=c1c(S(=O)(=O)N2CCCCC2)c[nH]c2cc(F)c(F)cc12. The maximum Gasteiger partial charge on any atom is 0.248 e. The van der Waals surface area contributed by atoms with Gasteiger partial charge >= 0.3 is 0 Å². The number of fused-ring (bicyclic) bond motifs is 1. The Balaban J connectivity index is 2.17. The van der Waals surface area contributed by atoms with E-state index in [2.05, 4.69) is 4.98 Å². The third-order valence-corrected chi connectivity index (χ3v) is 5.72. The highest BCUT2D eigenvalue weighted by molar-refractivity contribution is 7.89. The molecule has 2 aromatic rings. The highest BCUT2D eigenvalue weighted by Gasteiger charge is 2.29. The van der Waals surface area contributed by atoms with Crippen LogP contribution in [-0.2, 0) is 10.0 Å². The van der Waals surface area contributed by atoms with Gasteiger partial charge in [0.25, 0.3) is 0 Å². The minimum atomic E-state index is -3.93. The van der Waals surface area contributed by atoms with E-state index >= 15 is 0 Å². The topological polar surface area (TPSA) is 70.2 Å². The van der Waals surface area contributed by atoms with Crippen LogP contribution in [0.2, 0.25) is 0 Å². The quantitative estimate of drug-likeness (QED) is 0.916. The zero-order chi connectivity index (χ0) is 15.9. The molecule has 1 aliphatic rings. The number of aromatic amines is 1. The van der Waals surface area contributed by atoms with E-state index in [9.17, 15) is 22.0 Å². The Morgan fingerprint density at radius 1 is 1.05 bits per heavy atom. The third-order valence-electron chi connectivity index (χ3n) is 3.82. The Labute approximate surface area is 125 Å². The van der Waals surface area contributed by atoms with E-state index in [1.807, 2.05) is 0 Å². The van der Waals surface area contributed by atoms with Crippen LogP contribution in [0.4, 0.5) is 8.78 Å². The predicted molar refractivity (Wildman–Crippen MR) is 77.1 cm³/mol. The van der Waals surface area contributed by atoms with E-state index in [0.717, 1.165) is 37.6 Å². The van der Waals surface area contributed by atoms with E-state index in [4.69, 9.17) is 0 Å². The number of H-pyrrole nitrogens is 1. The lowest BCUT2D eigenvalue weighted by Gasteiger charge is -2.25. The van der Waals surface area contributed by atoms with E-state index < -0.39 is 32.0 Å². The highest BCUT2D eigenvalue weighted by atomic mass is 32.2. The highest BCUT2D eigenvalue weighted by Crippen LogP contribution is 2.20. The molecule has 118 valence electrons. The number of hydrogen-bond donors (Lipinski definition) is 1. The van der Waals surface area contributed by atoms with Gasteiger partial charge in [0.05, 0.1) is 5.52 Å². The van der Waals surface area contributed by atoms with Crippen LogP contribution in [0.1, 0.15) is 19.3 Å². The van der Waals surface area contributed by atoms with Crippen LogP contribution in [0, 0.1) is 11.6 Å². The Bertz CT molecular complexity index is 887. The molecule has 0 aliphatic carbocycles. The first-order chi connectivity index (χ1) is 10.4. The first kappa shape index (κ1) is 15.1. The molecule has 22 heavy (non-hydrogen) atoms. The number of hydrogen-bond acceptors (Lipinski definition) is 3. The summed E-state index contributed by atoms with van der Waals surface area (Å²) in [7, 11) is -3.93. The predicted octanol–water partition coefficient (Wildman–Crippen LogP) is 1.98. The van der Waals surface area contributed by atoms with Crippen molar-refractivity contribution in [2.45, 2.75) is 24.2 Å². The van der Waals surface area contributed by atoms with Gasteiger partial charge in [-0.1, -0.05) is 6.42 Å². The van der Waals surface area contributed by atoms with Gasteiger partial charge in [-0.15, -0.1) is 0 Å². The number of nitrogens with one attached hydrogen (secondary N) is 1. The minimum Gasteiger partial charge on any atom is -0.360 e. The molecule has 5 nitrogen and oxygen atoms in total. The van der Waals surface area contributed by atoms with Gasteiger partial charge in [-0.25, -0.2) is 17.2 Å². The van der Waals surface area contributed by atoms with Crippen LogP contribution in [0.25, 0.3) is 10.9 Å². The van der Waals surface area contributed by atoms with Crippen LogP contribution >= 0.6 is 0 Å². The van der Waals surface area contributed by atoms with Crippen LogP contribution in [-0.4, -0.2) is 30.8 Å². The molecule has 1 aliphatic heterocycles. The molecule has 8 heteroatoms. The number of benzene rings is 1. The van der Waals surface area contributed by atoms with Crippen LogP contribution in [0.15, 0.2) is 28.0 Å². The number of aromatic nitrogens is 1. The fourth-order valence-electron chi connectivity index (χ4n) is 2.63. The lowest BCUT2D eigenvalue weighted by molar-refractivity contribution is 0.346. The average molecular weight is 328 g/mol. The minimum absolute atomic E-state index is 0.0569. The molecule has 1 aromatic heterocycles. The zero-order valence-corrected chi connectivity index (χ0v) is 12.4. The second-order valence-corrected chi connectivity index (χ2v) is 7.17. The molecule has 1 aromatic carbocycles. The summed E-state index contributed by atoms with van der Waals surface area (Å²) in [4.78, 5) is 14.5. The van der Waals surface area contributed by atoms with Gasteiger partial charge < -0.3 is 4.98 Å².